The number of piperidine rings is 1. The third-order valence-electron chi connectivity index (χ3n) is 3.12. The predicted molar refractivity (Wildman–Crippen MR) is 67.1 cm³/mol. The maximum Gasteiger partial charge on any atom is 0.138 e. The zero-order chi connectivity index (χ0) is 12.3. The first-order chi connectivity index (χ1) is 8.10. The molecule has 1 saturated heterocycles. The smallest absolute Gasteiger partial charge is 0.138 e. The summed E-state index contributed by atoms with van der Waals surface area (Å²) >= 11 is 0. The van der Waals surface area contributed by atoms with E-state index in [1.807, 2.05) is 38.1 Å². The zero-order valence-corrected chi connectivity index (χ0v) is 10.5. The molecule has 0 saturated carbocycles. The van der Waals surface area contributed by atoms with Crippen molar-refractivity contribution in [3.05, 3.63) is 29.8 Å². The number of benzene rings is 1. The van der Waals surface area contributed by atoms with Gasteiger partial charge in [-0.1, -0.05) is 12.1 Å². The molecule has 1 heterocycles. The number of nitrogens with one attached hydrogen (secondary N) is 1. The lowest BCUT2D eigenvalue weighted by Crippen LogP contribution is -2.36. The molecule has 2 nitrogen and oxygen atoms in total. The van der Waals surface area contributed by atoms with Gasteiger partial charge in [-0.3, -0.25) is 0 Å². The van der Waals surface area contributed by atoms with Gasteiger partial charge in [0, 0.05) is 0 Å². The first kappa shape index (κ1) is 12.4. The van der Waals surface area contributed by atoms with Gasteiger partial charge in [0.05, 0.1) is 6.10 Å². The van der Waals surface area contributed by atoms with Crippen molar-refractivity contribution in [3.63, 3.8) is 0 Å². The maximum absolute atomic E-state index is 14.7. The molecule has 0 aliphatic carbocycles. The summed E-state index contributed by atoms with van der Waals surface area (Å²) in [7, 11) is 0. The number of alkyl halides is 1. The van der Waals surface area contributed by atoms with Crippen LogP contribution in [0.3, 0.4) is 0 Å². The van der Waals surface area contributed by atoms with Gasteiger partial charge in [-0.05, 0) is 57.5 Å². The van der Waals surface area contributed by atoms with E-state index in [0.29, 0.717) is 12.8 Å². The van der Waals surface area contributed by atoms with Crippen LogP contribution in [0.25, 0.3) is 0 Å². The number of halogens is 1. The molecule has 3 heteroatoms. The standard InChI is InChI=1S/C14H20FNO/c1-11(2)17-13-5-3-4-12(10-13)14(15)6-8-16-9-7-14/h3-5,10-11,16H,6-9H2,1-2H3. The molecule has 1 N–H and O–H groups in total. The first-order valence-electron chi connectivity index (χ1n) is 6.27. The molecule has 0 spiro atoms. The van der Waals surface area contributed by atoms with Gasteiger partial charge >= 0.3 is 0 Å². The third kappa shape index (κ3) is 2.97. The van der Waals surface area contributed by atoms with Crippen molar-refractivity contribution in [2.75, 3.05) is 13.1 Å². The van der Waals surface area contributed by atoms with Crippen molar-refractivity contribution in [1.29, 1.82) is 0 Å². The Bertz CT molecular complexity index is 372. The van der Waals surface area contributed by atoms with Crippen molar-refractivity contribution in [3.8, 4) is 5.75 Å². The largest absolute Gasteiger partial charge is 0.491 e. The summed E-state index contributed by atoms with van der Waals surface area (Å²) in [5, 5.41) is 3.19. The van der Waals surface area contributed by atoms with Crippen LogP contribution in [0.2, 0.25) is 0 Å². The molecule has 0 aromatic heterocycles. The molecular formula is C14H20FNO. The van der Waals surface area contributed by atoms with E-state index in [-0.39, 0.29) is 6.10 Å². The van der Waals surface area contributed by atoms with Crippen molar-refractivity contribution < 1.29 is 9.13 Å². The van der Waals surface area contributed by atoms with Gasteiger partial charge in [-0.25, -0.2) is 4.39 Å². The monoisotopic (exact) mass is 237 g/mol. The summed E-state index contributed by atoms with van der Waals surface area (Å²) in [6.45, 7) is 5.43. The molecule has 1 aliphatic rings. The second-order valence-electron chi connectivity index (χ2n) is 4.91. The van der Waals surface area contributed by atoms with E-state index in [1.54, 1.807) is 0 Å². The van der Waals surface area contributed by atoms with Crippen molar-refractivity contribution in [1.82, 2.24) is 5.32 Å². The summed E-state index contributed by atoms with van der Waals surface area (Å²) in [6.07, 6.45) is 1.20. The van der Waals surface area contributed by atoms with Crippen LogP contribution in [0.1, 0.15) is 32.3 Å². The van der Waals surface area contributed by atoms with Crippen LogP contribution in [0.4, 0.5) is 4.39 Å². The minimum Gasteiger partial charge on any atom is -0.491 e. The Kier molecular flexibility index (Phi) is 3.67. The fourth-order valence-electron chi connectivity index (χ4n) is 2.23. The minimum atomic E-state index is -1.19. The van der Waals surface area contributed by atoms with Gasteiger partial charge in [-0.2, -0.15) is 0 Å². The molecule has 0 radical (unpaired) electrons. The Morgan fingerprint density at radius 3 is 2.65 bits per heavy atom. The van der Waals surface area contributed by atoms with Crippen LogP contribution in [0.15, 0.2) is 24.3 Å². The molecule has 0 unspecified atom stereocenters. The highest BCUT2D eigenvalue weighted by Crippen LogP contribution is 2.36. The van der Waals surface area contributed by atoms with Crippen LogP contribution >= 0.6 is 0 Å². The second-order valence-corrected chi connectivity index (χ2v) is 4.91. The summed E-state index contributed by atoms with van der Waals surface area (Å²) in [5.41, 5.74) is -0.445. The molecule has 0 atom stereocenters. The summed E-state index contributed by atoms with van der Waals surface area (Å²) in [6, 6.07) is 7.45. The molecule has 1 aromatic rings. The Morgan fingerprint density at radius 2 is 2.00 bits per heavy atom. The summed E-state index contributed by atoms with van der Waals surface area (Å²) in [4.78, 5) is 0. The summed E-state index contributed by atoms with van der Waals surface area (Å²) in [5.74, 6) is 0.757. The number of ether oxygens (including phenoxy) is 1. The predicted octanol–water partition coefficient (Wildman–Crippen LogP) is 3.02. The van der Waals surface area contributed by atoms with Crippen LogP contribution in [-0.2, 0) is 5.67 Å². The highest BCUT2D eigenvalue weighted by atomic mass is 19.1. The lowest BCUT2D eigenvalue weighted by atomic mass is 9.87. The highest BCUT2D eigenvalue weighted by Gasteiger charge is 2.33. The lowest BCUT2D eigenvalue weighted by Gasteiger charge is -2.30. The van der Waals surface area contributed by atoms with Gasteiger partial charge < -0.3 is 10.1 Å². The SMILES string of the molecule is CC(C)Oc1cccc(C2(F)CCNCC2)c1. The minimum absolute atomic E-state index is 0.119. The number of rotatable bonds is 3. The molecule has 1 aromatic carbocycles. The van der Waals surface area contributed by atoms with Gasteiger partial charge in [0.1, 0.15) is 11.4 Å². The van der Waals surface area contributed by atoms with E-state index in [0.717, 1.165) is 24.4 Å². The molecular weight excluding hydrogens is 217 g/mol. The average Bonchev–Trinajstić information content (AvgIpc) is 2.29. The maximum atomic E-state index is 14.7. The van der Waals surface area contributed by atoms with Gasteiger partial charge in [-0.15, -0.1) is 0 Å². The van der Waals surface area contributed by atoms with Crippen LogP contribution < -0.4 is 10.1 Å². The van der Waals surface area contributed by atoms with Gasteiger partial charge in [0.25, 0.3) is 0 Å². The Hall–Kier alpha value is -1.09. The van der Waals surface area contributed by atoms with Crippen molar-refractivity contribution in [2.45, 2.75) is 38.5 Å². The fraction of sp³-hybridized carbons (Fsp3) is 0.571. The van der Waals surface area contributed by atoms with E-state index in [2.05, 4.69) is 5.32 Å². The quantitative estimate of drug-likeness (QED) is 0.872. The van der Waals surface area contributed by atoms with Crippen LogP contribution in [0, 0.1) is 0 Å². The van der Waals surface area contributed by atoms with E-state index in [9.17, 15) is 4.39 Å². The fourth-order valence-corrected chi connectivity index (χ4v) is 2.23. The van der Waals surface area contributed by atoms with Crippen LogP contribution in [0.5, 0.6) is 5.75 Å². The Balaban J connectivity index is 2.19. The van der Waals surface area contributed by atoms with E-state index in [4.69, 9.17) is 4.74 Å². The highest BCUT2D eigenvalue weighted by molar-refractivity contribution is 5.33. The average molecular weight is 237 g/mol. The first-order valence-corrected chi connectivity index (χ1v) is 6.27. The van der Waals surface area contributed by atoms with E-state index >= 15 is 0 Å². The molecule has 1 aliphatic heterocycles. The molecule has 17 heavy (non-hydrogen) atoms. The van der Waals surface area contributed by atoms with E-state index in [1.165, 1.54) is 0 Å². The number of hydrogen-bond acceptors (Lipinski definition) is 2. The second kappa shape index (κ2) is 5.05. The molecule has 0 amide bonds. The lowest BCUT2D eigenvalue weighted by molar-refractivity contribution is 0.114. The van der Waals surface area contributed by atoms with Crippen molar-refractivity contribution in [2.24, 2.45) is 0 Å². The third-order valence-corrected chi connectivity index (χ3v) is 3.12. The molecule has 1 fully saturated rings. The Labute approximate surface area is 102 Å². The van der Waals surface area contributed by atoms with E-state index < -0.39 is 5.67 Å². The van der Waals surface area contributed by atoms with Crippen LogP contribution in [-0.4, -0.2) is 19.2 Å². The molecule has 0 bridgehead atoms. The molecule has 2 rings (SSSR count). The zero-order valence-electron chi connectivity index (χ0n) is 10.5. The van der Waals surface area contributed by atoms with Crippen molar-refractivity contribution >= 4 is 0 Å². The topological polar surface area (TPSA) is 21.3 Å². The number of hydrogen-bond donors (Lipinski definition) is 1. The summed E-state index contributed by atoms with van der Waals surface area (Å²) < 4.78 is 20.3. The van der Waals surface area contributed by atoms with Gasteiger partial charge in [0.2, 0.25) is 0 Å². The Morgan fingerprint density at radius 1 is 1.29 bits per heavy atom. The molecule has 94 valence electrons. The normalized spacial score (nSPS) is 19.3. The van der Waals surface area contributed by atoms with Gasteiger partial charge in [0.15, 0.2) is 0 Å².